The van der Waals surface area contributed by atoms with Crippen molar-refractivity contribution in [1.29, 1.82) is 0 Å². The first-order valence-corrected chi connectivity index (χ1v) is 7.89. The van der Waals surface area contributed by atoms with Gasteiger partial charge < -0.3 is 5.32 Å². The Kier molecular flexibility index (Phi) is 4.43. The molecule has 0 spiro atoms. The fourth-order valence-corrected chi connectivity index (χ4v) is 2.57. The highest BCUT2D eigenvalue weighted by Crippen LogP contribution is 2.43. The minimum atomic E-state index is -4.58. The third-order valence-corrected chi connectivity index (χ3v) is 4.14. The van der Waals surface area contributed by atoms with Crippen molar-refractivity contribution in [3.63, 3.8) is 0 Å². The van der Waals surface area contributed by atoms with Crippen molar-refractivity contribution in [2.75, 3.05) is 5.32 Å². The number of non-ortho nitro benzene ring substituents is 1. The van der Waals surface area contributed by atoms with Gasteiger partial charge in [0.15, 0.2) is 5.69 Å². The number of benzene rings is 1. The number of alkyl halides is 3. The minimum Gasteiger partial charge on any atom is -0.324 e. The van der Waals surface area contributed by atoms with E-state index in [1.807, 2.05) is 0 Å². The van der Waals surface area contributed by atoms with E-state index in [0.29, 0.717) is 11.4 Å². The van der Waals surface area contributed by atoms with Gasteiger partial charge in [0.05, 0.1) is 4.92 Å². The molecule has 1 saturated carbocycles. The smallest absolute Gasteiger partial charge is 0.324 e. The second kappa shape index (κ2) is 6.43. The maximum absolute atomic E-state index is 12.9. The summed E-state index contributed by atoms with van der Waals surface area (Å²) in [6, 6.07) is 5.20. The van der Waals surface area contributed by atoms with Gasteiger partial charge in [-0.15, -0.1) is 0 Å². The number of carbonyl (C=O) groups excluding carboxylic acids is 1. The fourth-order valence-electron chi connectivity index (χ4n) is 2.57. The molecule has 10 heteroatoms. The van der Waals surface area contributed by atoms with Gasteiger partial charge in [0, 0.05) is 29.4 Å². The molecule has 1 unspecified atom stereocenters. The van der Waals surface area contributed by atoms with Gasteiger partial charge in [-0.3, -0.25) is 19.6 Å². The van der Waals surface area contributed by atoms with Crippen LogP contribution in [0.2, 0.25) is 0 Å². The Morgan fingerprint density at radius 1 is 1.35 bits per heavy atom. The number of nitro groups is 1. The lowest BCUT2D eigenvalue weighted by Crippen LogP contribution is -2.26. The molecular weight excluding hydrogens is 353 g/mol. The van der Waals surface area contributed by atoms with Gasteiger partial charge >= 0.3 is 6.18 Å². The standard InChI is InChI=1S/C16H15F3N4O3/c1-9(15(24)20-11-4-6-12(7-5-11)23(25)26)22-13(10-2-3-10)8-14(21-22)16(17,18)19/h4-10H,2-3H2,1H3,(H,20,24). The molecule has 0 radical (unpaired) electrons. The lowest BCUT2D eigenvalue weighted by molar-refractivity contribution is -0.384. The summed E-state index contributed by atoms with van der Waals surface area (Å²) in [4.78, 5) is 22.5. The van der Waals surface area contributed by atoms with Gasteiger partial charge in [0.2, 0.25) is 5.91 Å². The maximum Gasteiger partial charge on any atom is 0.435 e. The van der Waals surface area contributed by atoms with Crippen molar-refractivity contribution in [2.45, 2.75) is 37.9 Å². The van der Waals surface area contributed by atoms with Crippen LogP contribution in [0.1, 0.15) is 43.1 Å². The van der Waals surface area contributed by atoms with Crippen molar-refractivity contribution < 1.29 is 22.9 Å². The van der Waals surface area contributed by atoms with Crippen molar-refractivity contribution in [1.82, 2.24) is 9.78 Å². The van der Waals surface area contributed by atoms with E-state index in [2.05, 4.69) is 10.4 Å². The highest BCUT2D eigenvalue weighted by molar-refractivity contribution is 5.93. The number of rotatable bonds is 5. The van der Waals surface area contributed by atoms with E-state index < -0.39 is 28.7 Å². The lowest BCUT2D eigenvalue weighted by atomic mass is 10.2. The van der Waals surface area contributed by atoms with E-state index in [1.165, 1.54) is 31.2 Å². The van der Waals surface area contributed by atoms with Gasteiger partial charge in [-0.05, 0) is 38.0 Å². The first-order valence-electron chi connectivity index (χ1n) is 7.89. The molecule has 0 aliphatic heterocycles. The summed E-state index contributed by atoms with van der Waals surface area (Å²) >= 11 is 0. The molecule has 1 fully saturated rings. The quantitative estimate of drug-likeness (QED) is 0.640. The zero-order chi connectivity index (χ0) is 19.1. The van der Waals surface area contributed by atoms with Crippen molar-refractivity contribution in [2.24, 2.45) is 0 Å². The first-order chi connectivity index (χ1) is 12.2. The van der Waals surface area contributed by atoms with E-state index in [-0.39, 0.29) is 11.6 Å². The number of carbonyl (C=O) groups is 1. The predicted molar refractivity (Wildman–Crippen MR) is 85.6 cm³/mol. The molecule has 0 saturated heterocycles. The zero-order valence-corrected chi connectivity index (χ0v) is 13.7. The van der Waals surface area contributed by atoms with Gasteiger partial charge in [0.1, 0.15) is 6.04 Å². The van der Waals surface area contributed by atoms with Crippen LogP contribution in [0.15, 0.2) is 30.3 Å². The van der Waals surface area contributed by atoms with Gasteiger partial charge in [0.25, 0.3) is 5.69 Å². The second-order valence-electron chi connectivity index (χ2n) is 6.14. The Morgan fingerprint density at radius 3 is 2.46 bits per heavy atom. The number of halogens is 3. The number of anilines is 1. The maximum atomic E-state index is 12.9. The second-order valence-corrected chi connectivity index (χ2v) is 6.14. The molecule has 2 aromatic rings. The van der Waals surface area contributed by atoms with Crippen LogP contribution in [0.3, 0.4) is 0 Å². The van der Waals surface area contributed by atoms with Crippen molar-refractivity contribution in [3.05, 3.63) is 51.8 Å². The topological polar surface area (TPSA) is 90.1 Å². The molecule has 1 aromatic carbocycles. The number of nitrogens with one attached hydrogen (secondary N) is 1. The van der Waals surface area contributed by atoms with E-state index in [1.54, 1.807) is 0 Å². The summed E-state index contributed by atoms with van der Waals surface area (Å²) in [5.74, 6) is -0.578. The number of hydrogen-bond acceptors (Lipinski definition) is 4. The average molecular weight is 368 g/mol. The minimum absolute atomic E-state index is 0.0202. The molecule has 1 heterocycles. The number of aromatic nitrogens is 2. The van der Waals surface area contributed by atoms with Crippen LogP contribution >= 0.6 is 0 Å². The molecule has 138 valence electrons. The largest absolute Gasteiger partial charge is 0.435 e. The number of amides is 1. The summed E-state index contributed by atoms with van der Waals surface area (Å²) in [7, 11) is 0. The normalized spacial score (nSPS) is 15.5. The molecule has 1 amide bonds. The van der Waals surface area contributed by atoms with Gasteiger partial charge in [-0.25, -0.2) is 0 Å². The van der Waals surface area contributed by atoms with Crippen LogP contribution in [0, 0.1) is 10.1 Å². The van der Waals surface area contributed by atoms with E-state index >= 15 is 0 Å². The summed E-state index contributed by atoms with van der Waals surface area (Å²) in [5, 5.41) is 16.8. The molecule has 26 heavy (non-hydrogen) atoms. The van der Waals surface area contributed by atoms with E-state index in [4.69, 9.17) is 0 Å². The molecule has 1 aromatic heterocycles. The Hall–Kier alpha value is -2.91. The Balaban J connectivity index is 1.80. The first kappa shape index (κ1) is 17.9. The molecule has 3 rings (SSSR count). The Labute approximate surface area is 146 Å². The number of nitro benzene ring substituents is 1. The van der Waals surface area contributed by atoms with Crippen molar-refractivity contribution in [3.8, 4) is 0 Å². The molecule has 1 atom stereocenters. The Morgan fingerprint density at radius 2 is 1.96 bits per heavy atom. The Bertz CT molecular complexity index is 841. The molecule has 1 aliphatic rings. The predicted octanol–water partition coefficient (Wildman–Crippen LogP) is 3.89. The summed E-state index contributed by atoms with van der Waals surface area (Å²) in [5.41, 5.74) is -0.448. The van der Waals surface area contributed by atoms with Crippen LogP contribution in [0.25, 0.3) is 0 Å². The number of nitrogens with zero attached hydrogens (tertiary/aromatic N) is 3. The average Bonchev–Trinajstić information content (AvgIpc) is 3.31. The zero-order valence-electron chi connectivity index (χ0n) is 13.7. The van der Waals surface area contributed by atoms with Crippen LogP contribution in [0.4, 0.5) is 24.5 Å². The van der Waals surface area contributed by atoms with Crippen LogP contribution < -0.4 is 5.32 Å². The monoisotopic (exact) mass is 368 g/mol. The van der Waals surface area contributed by atoms with Gasteiger partial charge in [-0.2, -0.15) is 18.3 Å². The highest BCUT2D eigenvalue weighted by Gasteiger charge is 2.39. The molecule has 1 aliphatic carbocycles. The van der Waals surface area contributed by atoms with E-state index in [0.717, 1.165) is 23.6 Å². The third kappa shape index (κ3) is 3.68. The summed E-state index contributed by atoms with van der Waals surface area (Å²) in [6.45, 7) is 1.46. The molecule has 7 nitrogen and oxygen atoms in total. The molecular formula is C16H15F3N4O3. The number of hydrogen-bond donors (Lipinski definition) is 1. The van der Waals surface area contributed by atoms with Crippen LogP contribution in [-0.4, -0.2) is 20.6 Å². The van der Waals surface area contributed by atoms with Crippen LogP contribution in [0.5, 0.6) is 0 Å². The summed E-state index contributed by atoms with van der Waals surface area (Å²) < 4.78 is 40.0. The SMILES string of the molecule is CC(C(=O)Nc1ccc([N+](=O)[O-])cc1)n1nc(C(F)(F)F)cc1C1CC1. The van der Waals surface area contributed by atoms with E-state index in [9.17, 15) is 28.1 Å². The summed E-state index contributed by atoms with van der Waals surface area (Å²) in [6.07, 6.45) is -3.05. The fraction of sp³-hybridized carbons (Fsp3) is 0.375. The van der Waals surface area contributed by atoms with Crippen molar-refractivity contribution >= 4 is 17.3 Å². The molecule has 0 bridgehead atoms. The lowest BCUT2D eigenvalue weighted by Gasteiger charge is -2.15. The highest BCUT2D eigenvalue weighted by atomic mass is 19.4. The third-order valence-electron chi connectivity index (χ3n) is 4.14. The molecule has 1 N–H and O–H groups in total. The van der Waals surface area contributed by atoms with Crippen LogP contribution in [-0.2, 0) is 11.0 Å². The van der Waals surface area contributed by atoms with Gasteiger partial charge in [-0.1, -0.05) is 0 Å².